The number of benzene rings is 4. The van der Waals surface area contributed by atoms with Crippen molar-refractivity contribution >= 4 is 39.3 Å². The fraction of sp³-hybridized carbons (Fsp3) is 0.400. The molecule has 0 saturated carbocycles. The highest BCUT2D eigenvalue weighted by atomic mass is 19.1. The molecule has 0 aliphatic rings. The van der Waals surface area contributed by atoms with Gasteiger partial charge in [-0.3, -0.25) is 4.79 Å². The van der Waals surface area contributed by atoms with Gasteiger partial charge in [-0.15, -0.1) is 10.2 Å². The van der Waals surface area contributed by atoms with Gasteiger partial charge >= 0.3 is 12.2 Å². The van der Waals surface area contributed by atoms with Crippen LogP contribution in [0.25, 0.3) is 17.1 Å². The third-order valence-corrected chi connectivity index (χ3v) is 12.4. The van der Waals surface area contributed by atoms with Gasteiger partial charge in [0, 0.05) is 21.7 Å². The molecule has 4 aromatic carbocycles. The zero-order valence-corrected chi connectivity index (χ0v) is 52.9. The van der Waals surface area contributed by atoms with Gasteiger partial charge in [0.25, 0.3) is 0 Å². The van der Waals surface area contributed by atoms with Crippen molar-refractivity contribution in [3.05, 3.63) is 185 Å². The van der Waals surface area contributed by atoms with Crippen LogP contribution in [0.5, 0.6) is 5.88 Å². The molecule has 0 spiro atoms. The molecule has 90 heavy (non-hydrogen) atoms. The second kappa shape index (κ2) is 34.1. The number of aromatic nitrogens is 5. The Morgan fingerprint density at radius 2 is 1.02 bits per heavy atom. The van der Waals surface area contributed by atoms with E-state index >= 15 is 0 Å². The molecule has 7 rings (SSSR count). The number of amides is 2. The molecule has 7 aromatic rings. The van der Waals surface area contributed by atoms with E-state index in [0.717, 1.165) is 28.1 Å². The second-order valence-corrected chi connectivity index (χ2v) is 23.9. The highest BCUT2D eigenvalue weighted by Gasteiger charge is 2.33. The molecule has 9 N–H and O–H groups in total. The molecule has 2 amide bonds. The Kier molecular flexibility index (Phi) is 29.5. The van der Waals surface area contributed by atoms with Gasteiger partial charge in [-0.1, -0.05) is 56.0 Å². The number of pyridine rings is 1. The highest BCUT2D eigenvalue weighted by molar-refractivity contribution is 6.75. The number of ether oxygens (including phenoxy) is 3. The van der Waals surface area contributed by atoms with Crippen molar-refractivity contribution in [1.82, 2.24) is 35.4 Å². The number of hydrogen-bond donors (Lipinski definition) is 8. The molecule has 19 nitrogen and oxygen atoms in total. The Balaban J connectivity index is 0.000000428. The lowest BCUT2D eigenvalue weighted by Gasteiger charge is -2.31. The van der Waals surface area contributed by atoms with Gasteiger partial charge in [-0.05, 0) is 191 Å². The summed E-state index contributed by atoms with van der Waals surface area (Å²) in [6, 6.07) is 25.3. The van der Waals surface area contributed by atoms with Crippen LogP contribution in [-0.2, 0) is 14.3 Å². The lowest BCUT2D eigenvalue weighted by atomic mass is 9.81. The molecule has 0 aliphatic heterocycles. The monoisotopic (exact) mass is 1250 g/mol. The first-order chi connectivity index (χ1) is 41.3. The Hall–Kier alpha value is -8.22. The number of carbonyl (C=O) groups excluding carboxylic acids is 3. The van der Waals surface area contributed by atoms with Crippen LogP contribution in [0.1, 0.15) is 148 Å². The summed E-state index contributed by atoms with van der Waals surface area (Å²) in [7, 11) is 9.57. The molecule has 3 aromatic heterocycles. The van der Waals surface area contributed by atoms with Crippen molar-refractivity contribution in [3.8, 4) is 23.0 Å². The van der Waals surface area contributed by atoms with Crippen molar-refractivity contribution in [1.29, 1.82) is 0 Å². The third kappa shape index (κ3) is 25.7. The zero-order chi connectivity index (χ0) is 67.4. The molecule has 4 atom stereocenters. The summed E-state index contributed by atoms with van der Waals surface area (Å²) in [6.45, 7) is 23.2. The average Bonchev–Trinajstić information content (AvgIpc) is 1.16. The number of aliphatic hydroxyl groups is 4. The lowest BCUT2D eigenvalue weighted by Crippen LogP contribution is -2.44. The van der Waals surface area contributed by atoms with Gasteiger partial charge in [0.05, 0.1) is 59.8 Å². The zero-order valence-electron chi connectivity index (χ0n) is 52.9. The number of alkyl carbamates (subject to hydrolysis) is 2. The number of carbonyl (C=O) groups is 3. The normalized spacial score (nSPS) is 12.7. The largest absolute Gasteiger partial charge is 0.479 e. The number of hydrogen-bond acceptors (Lipinski definition) is 16. The minimum Gasteiger partial charge on any atom is -0.479 e. The first-order valence-corrected chi connectivity index (χ1v) is 27.9. The summed E-state index contributed by atoms with van der Waals surface area (Å²) in [5, 5.41) is 56.4. The minimum atomic E-state index is -1.21. The van der Waals surface area contributed by atoms with Crippen LogP contribution in [-0.4, -0.2) is 120 Å². The number of aryl methyl sites for hydroxylation is 2. The van der Waals surface area contributed by atoms with E-state index in [4.69, 9.17) is 25.1 Å². The average molecular weight is 1250 g/mol. The number of nitrogens with two attached hydrogens (primary N) is 1. The summed E-state index contributed by atoms with van der Waals surface area (Å²) in [5.41, 5.74) is 7.17. The van der Waals surface area contributed by atoms with E-state index < -0.39 is 82.6 Å². The predicted molar refractivity (Wildman–Crippen MR) is 341 cm³/mol. The van der Waals surface area contributed by atoms with Crippen LogP contribution in [0, 0.1) is 37.1 Å². The molecule has 0 aliphatic carbocycles. The van der Waals surface area contributed by atoms with Gasteiger partial charge in [-0.2, -0.15) is 0 Å². The smallest absolute Gasteiger partial charge is 0.408 e. The van der Waals surface area contributed by atoms with E-state index in [1.807, 2.05) is 42.8 Å². The number of imidazole rings is 1. The third-order valence-electron chi connectivity index (χ3n) is 12.4. The van der Waals surface area contributed by atoms with E-state index in [1.54, 1.807) is 121 Å². The molecule has 3 heterocycles. The lowest BCUT2D eigenvalue weighted by molar-refractivity contribution is -0.124. The Bertz CT molecular complexity index is 3350. The summed E-state index contributed by atoms with van der Waals surface area (Å²) in [4.78, 5) is 44.1. The number of nitrogens with zero attached hydrogens (tertiary/aromatic N) is 5. The second-order valence-electron chi connectivity index (χ2n) is 23.9. The minimum absolute atomic E-state index is 0. The van der Waals surface area contributed by atoms with E-state index in [-0.39, 0.29) is 24.9 Å². The molecule has 25 heteroatoms. The number of halogens is 4. The summed E-state index contributed by atoms with van der Waals surface area (Å²) >= 11 is 0. The molecular formula is C65H85B2F4N9O10. The maximum Gasteiger partial charge on any atom is 0.408 e. The van der Waals surface area contributed by atoms with Crippen molar-refractivity contribution in [2.24, 2.45) is 5.73 Å². The molecule has 4 radical (unpaired) electrons. The molecule has 0 unspecified atom stereocenters. The van der Waals surface area contributed by atoms with Crippen LogP contribution in [0.2, 0.25) is 0 Å². The maximum absolute atomic E-state index is 13.4. The van der Waals surface area contributed by atoms with Gasteiger partial charge < -0.3 is 60.9 Å². The standard InChI is InChI=1S/C25H27FN6O2.C15H22FNO3.C14H18FNO4.C10H14FNO.CH4.B2/c1-15-12-20(19-10-11-21(24(28-19)34-5)32-13-16(2)27-14-32)30-31-23(15)29-22(25(3,4)33)17-6-8-18(26)9-7-17;1-14(2,3)20-13(18)17-12(15(4,5)19)10-6-8-11(16)9-7-10;1-14(2,3)20-13(19)16-12(11(18)8-17)9-4-6-10(15)7-5-9;1-10(2,13)9(12)7-3-5-8(11)6-4-7;;1-2/h6-14,22,33H,1-5H3,(H,29,31);6-9,12,19H,1-5H3,(H,17,18);4-7,12,17H,8H2,1-3H3,(H,16,19);3-6,9,13H,12H2,1-2H3;1H4;/t22-;2*12-;9-;;/m1111../s1. The SMILES string of the molecule is C.CC(C)(C)OC(=O)N[C@@H](C(=O)CO)c1ccc(F)cc1.CC(C)(C)OC(=O)N[C@H](c1ccc(F)cc1)C(C)(C)O.CC(C)(O)[C@H](N)c1ccc(F)cc1.COc1nc(-c2cc(C)c(N[C@H](c3ccc(F)cc3)C(C)(C)O)nn2)ccc1-n1cnc(C)c1.[B][B]. The molecule has 0 saturated heterocycles. The molecule has 484 valence electrons. The van der Waals surface area contributed by atoms with Gasteiger partial charge in [0.2, 0.25) is 5.88 Å². The quantitative estimate of drug-likeness (QED) is 0.0330. The predicted octanol–water partition coefficient (Wildman–Crippen LogP) is 11.0. The summed E-state index contributed by atoms with van der Waals surface area (Å²) < 4.78 is 69.3. The number of methoxy groups -OCH3 is 1. The number of aliphatic hydroxyl groups excluding tert-OH is 1. The molecule has 0 fully saturated rings. The van der Waals surface area contributed by atoms with Crippen LogP contribution in [0.15, 0.2) is 128 Å². The van der Waals surface area contributed by atoms with Crippen molar-refractivity contribution in [2.45, 2.75) is 157 Å². The Morgan fingerprint density at radius 1 is 0.600 bits per heavy atom. The van der Waals surface area contributed by atoms with Crippen LogP contribution >= 0.6 is 0 Å². The Morgan fingerprint density at radius 3 is 1.40 bits per heavy atom. The number of anilines is 1. The van der Waals surface area contributed by atoms with Gasteiger partial charge in [0.15, 0.2) is 11.6 Å². The fourth-order valence-corrected chi connectivity index (χ4v) is 8.04. The fourth-order valence-electron chi connectivity index (χ4n) is 8.04. The van der Waals surface area contributed by atoms with Crippen molar-refractivity contribution < 1.29 is 66.6 Å². The van der Waals surface area contributed by atoms with Crippen molar-refractivity contribution in [2.75, 3.05) is 19.0 Å². The highest BCUT2D eigenvalue weighted by Crippen LogP contribution is 2.33. The van der Waals surface area contributed by atoms with E-state index in [1.165, 1.54) is 72.8 Å². The molecular weight excluding hydrogens is 1160 g/mol. The first-order valence-electron chi connectivity index (χ1n) is 27.9. The number of rotatable bonds is 16. The van der Waals surface area contributed by atoms with Crippen LogP contribution in [0.3, 0.4) is 0 Å². The molecule has 0 bridgehead atoms. The van der Waals surface area contributed by atoms with E-state index in [9.17, 15) is 47.3 Å². The van der Waals surface area contributed by atoms with Crippen LogP contribution in [0.4, 0.5) is 33.0 Å². The summed E-state index contributed by atoms with van der Waals surface area (Å²) in [5.74, 6) is -1.13. The van der Waals surface area contributed by atoms with E-state index in [0.29, 0.717) is 34.2 Å². The Labute approximate surface area is 528 Å². The first kappa shape index (κ1) is 77.9. The number of ketones is 1. The number of nitrogens with one attached hydrogen (secondary N) is 3. The summed E-state index contributed by atoms with van der Waals surface area (Å²) in [6.07, 6.45) is 2.19. The topological polar surface area (TPSA) is 278 Å². The number of Topliss-reactive ketones (excluding diaryl/α,β-unsaturated/α-hetero) is 1. The van der Waals surface area contributed by atoms with Gasteiger partial charge in [-0.25, -0.2) is 37.1 Å². The van der Waals surface area contributed by atoms with E-state index in [2.05, 4.69) is 51.6 Å². The van der Waals surface area contributed by atoms with Gasteiger partial charge in [0.1, 0.15) is 58.5 Å². The maximum atomic E-state index is 13.4. The van der Waals surface area contributed by atoms with Crippen LogP contribution < -0.4 is 26.4 Å². The van der Waals surface area contributed by atoms with Crippen molar-refractivity contribution in [3.63, 3.8) is 0 Å².